The maximum Gasteiger partial charge on any atom is 0.409 e. The van der Waals surface area contributed by atoms with Crippen molar-refractivity contribution < 1.29 is 19.1 Å². The van der Waals surface area contributed by atoms with Crippen molar-refractivity contribution in [2.45, 2.75) is 25.8 Å². The van der Waals surface area contributed by atoms with Crippen molar-refractivity contribution in [2.24, 2.45) is 0 Å². The number of H-pyrrole nitrogens is 2. The highest BCUT2D eigenvalue weighted by Crippen LogP contribution is 2.29. The lowest BCUT2D eigenvalue weighted by atomic mass is 10.1. The van der Waals surface area contributed by atoms with Gasteiger partial charge in [0.05, 0.1) is 42.4 Å². The zero-order valence-corrected chi connectivity index (χ0v) is 21.3. The van der Waals surface area contributed by atoms with Crippen LogP contribution in [0, 0.1) is 0 Å². The maximum atomic E-state index is 13.0. The predicted octanol–water partition coefficient (Wildman–Crippen LogP) is 3.29. The van der Waals surface area contributed by atoms with Crippen molar-refractivity contribution in [3.63, 3.8) is 0 Å². The molecule has 0 radical (unpaired) electrons. The summed E-state index contributed by atoms with van der Waals surface area (Å²) < 4.78 is 10.7. The molecule has 0 aliphatic carbocycles. The Kier molecular flexibility index (Phi) is 6.59. The second-order valence-electron chi connectivity index (χ2n) is 9.76. The fraction of sp³-hybridized carbons (Fsp3) is 0.407. The predicted molar refractivity (Wildman–Crippen MR) is 143 cm³/mol. The van der Waals surface area contributed by atoms with Gasteiger partial charge >= 0.3 is 6.09 Å². The third kappa shape index (κ3) is 4.76. The molecule has 0 spiro atoms. The Balaban J connectivity index is 1.16. The summed E-state index contributed by atoms with van der Waals surface area (Å²) in [7, 11) is 0. The van der Waals surface area contributed by atoms with E-state index in [-0.39, 0.29) is 18.0 Å². The van der Waals surface area contributed by atoms with Crippen LogP contribution >= 0.6 is 0 Å². The molecule has 2 aromatic carbocycles. The summed E-state index contributed by atoms with van der Waals surface area (Å²) in [6.07, 6.45) is 1.50. The van der Waals surface area contributed by atoms with Gasteiger partial charge in [0.1, 0.15) is 5.69 Å². The Morgan fingerprint density at radius 1 is 1.13 bits per heavy atom. The second-order valence-corrected chi connectivity index (χ2v) is 9.76. The monoisotopic (exact) mass is 517 g/mol. The average molecular weight is 518 g/mol. The quantitative estimate of drug-likeness (QED) is 0.321. The number of rotatable bonds is 7. The van der Waals surface area contributed by atoms with Crippen molar-refractivity contribution in [1.82, 2.24) is 30.4 Å². The molecule has 2 aliphatic rings. The van der Waals surface area contributed by atoms with E-state index in [0.29, 0.717) is 36.8 Å². The molecule has 2 saturated heterocycles. The summed E-state index contributed by atoms with van der Waals surface area (Å²) in [6, 6.07) is 11.5. The number of morpholine rings is 1. The average Bonchev–Trinajstić information content (AvgIpc) is 3.54. The van der Waals surface area contributed by atoms with Crippen molar-refractivity contribution in [2.75, 3.05) is 50.9 Å². The third-order valence-electron chi connectivity index (χ3n) is 7.09. The van der Waals surface area contributed by atoms with Gasteiger partial charge in [-0.1, -0.05) is 13.3 Å². The Morgan fingerprint density at radius 3 is 2.79 bits per heavy atom. The zero-order chi connectivity index (χ0) is 26.1. The molecule has 2 amide bonds. The number of benzene rings is 2. The molecule has 2 fully saturated rings. The molecule has 6 rings (SSSR count). The maximum absolute atomic E-state index is 13.0. The van der Waals surface area contributed by atoms with Gasteiger partial charge in [-0.25, -0.2) is 9.78 Å². The highest BCUT2D eigenvalue weighted by atomic mass is 16.6. The minimum atomic E-state index is -0.323. The van der Waals surface area contributed by atoms with Gasteiger partial charge in [0.25, 0.3) is 5.91 Å². The van der Waals surface area contributed by atoms with Crippen LogP contribution in [-0.4, -0.2) is 89.1 Å². The van der Waals surface area contributed by atoms with Crippen LogP contribution in [-0.2, 0) is 9.47 Å². The summed E-state index contributed by atoms with van der Waals surface area (Å²) in [5.41, 5.74) is 4.90. The summed E-state index contributed by atoms with van der Waals surface area (Å²) >= 11 is 0. The second kappa shape index (κ2) is 10.3. The Labute approximate surface area is 219 Å². The Bertz CT molecular complexity index is 1470. The first-order valence-corrected chi connectivity index (χ1v) is 13.1. The van der Waals surface area contributed by atoms with Gasteiger partial charge in [-0.2, -0.15) is 5.10 Å². The fourth-order valence-corrected chi connectivity index (χ4v) is 4.85. The number of hydrogen-bond acceptors (Lipinski definition) is 7. The number of aromatic nitrogens is 4. The third-order valence-corrected chi connectivity index (χ3v) is 7.09. The largest absolute Gasteiger partial charge is 0.449 e. The lowest BCUT2D eigenvalue weighted by Crippen LogP contribution is -2.61. The molecule has 0 bridgehead atoms. The smallest absolute Gasteiger partial charge is 0.409 e. The molecule has 11 nitrogen and oxygen atoms in total. The molecule has 2 aromatic heterocycles. The lowest BCUT2D eigenvalue weighted by Gasteiger charge is -2.38. The van der Waals surface area contributed by atoms with Crippen LogP contribution in [0.5, 0.6) is 0 Å². The summed E-state index contributed by atoms with van der Waals surface area (Å²) in [5.74, 6) is 0.446. The number of imidazole rings is 1. The topological polar surface area (TPSA) is 128 Å². The van der Waals surface area contributed by atoms with E-state index in [4.69, 9.17) is 14.5 Å². The molecule has 4 aromatic rings. The van der Waals surface area contributed by atoms with E-state index in [0.717, 1.165) is 66.8 Å². The number of carbonyl (C=O) groups is 2. The molecule has 4 heterocycles. The molecule has 3 N–H and O–H groups in total. The lowest BCUT2D eigenvalue weighted by molar-refractivity contribution is 0.0591. The number of carbonyl (C=O) groups excluding carboxylic acids is 2. The van der Waals surface area contributed by atoms with Gasteiger partial charge < -0.3 is 29.6 Å². The fourth-order valence-electron chi connectivity index (χ4n) is 4.85. The van der Waals surface area contributed by atoms with Gasteiger partial charge in [0.2, 0.25) is 0 Å². The van der Waals surface area contributed by atoms with Crippen LogP contribution in [0.2, 0.25) is 0 Å². The van der Waals surface area contributed by atoms with Gasteiger partial charge in [-0.05, 0) is 42.8 Å². The first kappa shape index (κ1) is 24.2. The summed E-state index contributed by atoms with van der Waals surface area (Å²) in [6.45, 7) is 6.55. The standard InChI is InChI=1S/C27H31N7O4/c1-2-3-10-38-27(36)34-15-18(16-34)28-26(35)17-4-6-21-20(13-17)24(32-31-21)25-29-22-7-5-19(14-23(22)30-25)33-8-11-37-12-9-33/h4-7,13-14,18H,2-3,8-12,15-16H2,1H3,(H,28,35)(H,29,30)(H,31,32). The molecule has 198 valence electrons. The van der Waals surface area contributed by atoms with E-state index < -0.39 is 0 Å². The van der Waals surface area contributed by atoms with Crippen LogP contribution in [0.1, 0.15) is 30.1 Å². The number of likely N-dealkylation sites (tertiary alicyclic amines) is 1. The number of unbranched alkanes of at least 4 members (excludes halogenated alkanes) is 1. The van der Waals surface area contributed by atoms with E-state index in [1.165, 1.54) is 0 Å². The molecule has 38 heavy (non-hydrogen) atoms. The van der Waals surface area contributed by atoms with Crippen LogP contribution in [0.15, 0.2) is 36.4 Å². The SMILES string of the molecule is CCCCOC(=O)N1CC(NC(=O)c2ccc3[nH]nc(-c4nc5ccc(N6CCOCC6)cc5[nH]4)c3c2)C1. The van der Waals surface area contributed by atoms with E-state index in [2.05, 4.69) is 37.5 Å². The number of aromatic amines is 2. The van der Waals surface area contributed by atoms with Crippen LogP contribution < -0.4 is 10.2 Å². The highest BCUT2D eigenvalue weighted by Gasteiger charge is 2.33. The molecular weight excluding hydrogens is 486 g/mol. The van der Waals surface area contributed by atoms with E-state index in [1.807, 2.05) is 25.1 Å². The number of hydrogen-bond donors (Lipinski definition) is 3. The minimum Gasteiger partial charge on any atom is -0.449 e. The Morgan fingerprint density at radius 2 is 1.97 bits per heavy atom. The first-order valence-electron chi connectivity index (χ1n) is 13.1. The van der Waals surface area contributed by atoms with Gasteiger partial charge in [0, 0.05) is 42.8 Å². The van der Waals surface area contributed by atoms with E-state index >= 15 is 0 Å². The highest BCUT2D eigenvalue weighted by molar-refractivity contribution is 6.01. The van der Waals surface area contributed by atoms with Crippen molar-refractivity contribution in [3.05, 3.63) is 42.0 Å². The number of ether oxygens (including phenoxy) is 2. The minimum absolute atomic E-state index is 0.100. The molecule has 0 unspecified atom stereocenters. The van der Waals surface area contributed by atoms with Crippen molar-refractivity contribution >= 4 is 39.6 Å². The number of fused-ring (bicyclic) bond motifs is 2. The molecular formula is C27H31N7O4. The molecule has 11 heteroatoms. The normalized spacial score (nSPS) is 16.1. The number of nitrogens with one attached hydrogen (secondary N) is 3. The van der Waals surface area contributed by atoms with Crippen LogP contribution in [0.25, 0.3) is 33.5 Å². The number of anilines is 1. The molecule has 2 aliphatic heterocycles. The van der Waals surface area contributed by atoms with E-state index in [9.17, 15) is 9.59 Å². The van der Waals surface area contributed by atoms with Crippen LogP contribution in [0.3, 0.4) is 0 Å². The van der Waals surface area contributed by atoms with Gasteiger partial charge in [0.15, 0.2) is 5.82 Å². The van der Waals surface area contributed by atoms with Gasteiger partial charge in [-0.15, -0.1) is 0 Å². The van der Waals surface area contributed by atoms with Crippen LogP contribution in [0.4, 0.5) is 10.5 Å². The van der Waals surface area contributed by atoms with E-state index in [1.54, 1.807) is 11.0 Å². The zero-order valence-electron chi connectivity index (χ0n) is 21.3. The molecule has 0 atom stereocenters. The summed E-state index contributed by atoms with van der Waals surface area (Å²) in [4.78, 5) is 37.0. The number of nitrogens with zero attached hydrogens (tertiary/aromatic N) is 4. The number of amides is 2. The first-order chi connectivity index (χ1) is 18.6. The summed E-state index contributed by atoms with van der Waals surface area (Å²) in [5, 5.41) is 11.3. The van der Waals surface area contributed by atoms with Gasteiger partial charge in [-0.3, -0.25) is 9.89 Å². The molecule has 0 saturated carbocycles. The van der Waals surface area contributed by atoms with Crippen molar-refractivity contribution in [3.8, 4) is 11.5 Å². The Hall–Kier alpha value is -4.12. The van der Waals surface area contributed by atoms with Crippen molar-refractivity contribution in [1.29, 1.82) is 0 Å².